The van der Waals surface area contributed by atoms with Crippen LogP contribution in [0.1, 0.15) is 22.8 Å². The zero-order chi connectivity index (χ0) is 16.4. The summed E-state index contributed by atoms with van der Waals surface area (Å²) in [5, 5.41) is 2.87. The number of nitrogens with zero attached hydrogens (tertiary/aromatic N) is 1. The quantitative estimate of drug-likeness (QED) is 0.948. The topological polar surface area (TPSA) is 58.6 Å². The predicted octanol–water partition coefficient (Wildman–Crippen LogP) is 2.86. The summed E-state index contributed by atoms with van der Waals surface area (Å²) in [5.41, 5.74) is 3.12. The van der Waals surface area contributed by atoms with Gasteiger partial charge >= 0.3 is 0 Å². The summed E-state index contributed by atoms with van der Waals surface area (Å²) >= 11 is 0. The maximum absolute atomic E-state index is 12.4. The minimum atomic E-state index is -0.241. The summed E-state index contributed by atoms with van der Waals surface area (Å²) < 4.78 is 5.21. The van der Waals surface area contributed by atoms with Crippen molar-refractivity contribution in [3.8, 4) is 5.75 Å². The summed E-state index contributed by atoms with van der Waals surface area (Å²) in [6.45, 7) is 2.24. The van der Waals surface area contributed by atoms with Crippen molar-refractivity contribution in [2.45, 2.75) is 13.3 Å². The SMILES string of the molecule is COc1ccccc1C(=O)Nc1ccc2c(c1)N(C(C)=O)CC2. The maximum Gasteiger partial charge on any atom is 0.259 e. The molecule has 5 nitrogen and oxygen atoms in total. The first-order valence-electron chi connectivity index (χ1n) is 7.45. The normalized spacial score (nSPS) is 12.7. The summed E-state index contributed by atoms with van der Waals surface area (Å²) in [6, 6.07) is 12.7. The zero-order valence-electron chi connectivity index (χ0n) is 13.1. The van der Waals surface area contributed by atoms with E-state index in [2.05, 4.69) is 5.32 Å². The van der Waals surface area contributed by atoms with E-state index >= 15 is 0 Å². The molecule has 0 saturated heterocycles. The van der Waals surface area contributed by atoms with Crippen LogP contribution in [-0.4, -0.2) is 25.5 Å². The first kappa shape index (κ1) is 15.1. The van der Waals surface area contributed by atoms with Gasteiger partial charge in [0.25, 0.3) is 5.91 Å². The van der Waals surface area contributed by atoms with Crippen LogP contribution in [0, 0.1) is 0 Å². The van der Waals surface area contributed by atoms with Crippen LogP contribution in [0.2, 0.25) is 0 Å². The third-order valence-corrected chi connectivity index (χ3v) is 3.97. The molecule has 1 heterocycles. The first-order valence-corrected chi connectivity index (χ1v) is 7.45. The molecule has 118 valence electrons. The average molecular weight is 310 g/mol. The Labute approximate surface area is 134 Å². The summed E-state index contributed by atoms with van der Waals surface area (Å²) in [4.78, 5) is 25.8. The highest BCUT2D eigenvalue weighted by atomic mass is 16.5. The number of para-hydroxylation sites is 1. The van der Waals surface area contributed by atoms with E-state index in [1.54, 1.807) is 30.0 Å². The number of ether oxygens (including phenoxy) is 1. The molecule has 2 aromatic rings. The number of fused-ring (bicyclic) bond motifs is 1. The van der Waals surface area contributed by atoms with Gasteiger partial charge in [0, 0.05) is 24.8 Å². The number of rotatable bonds is 3. The van der Waals surface area contributed by atoms with Crippen LogP contribution in [0.3, 0.4) is 0 Å². The van der Waals surface area contributed by atoms with E-state index in [1.807, 2.05) is 24.3 Å². The molecule has 1 aliphatic heterocycles. The van der Waals surface area contributed by atoms with Crippen LogP contribution < -0.4 is 15.0 Å². The van der Waals surface area contributed by atoms with Gasteiger partial charge in [-0.3, -0.25) is 9.59 Å². The van der Waals surface area contributed by atoms with Gasteiger partial charge in [0.2, 0.25) is 5.91 Å². The minimum Gasteiger partial charge on any atom is -0.496 e. The number of amides is 2. The Morgan fingerprint density at radius 2 is 1.96 bits per heavy atom. The fourth-order valence-electron chi connectivity index (χ4n) is 2.81. The summed E-state index contributed by atoms with van der Waals surface area (Å²) in [7, 11) is 1.53. The predicted molar refractivity (Wildman–Crippen MR) is 89.1 cm³/mol. The smallest absolute Gasteiger partial charge is 0.259 e. The van der Waals surface area contributed by atoms with Gasteiger partial charge in [-0.15, -0.1) is 0 Å². The number of methoxy groups -OCH3 is 1. The molecule has 5 heteroatoms. The van der Waals surface area contributed by atoms with Crippen molar-refractivity contribution < 1.29 is 14.3 Å². The van der Waals surface area contributed by atoms with Gasteiger partial charge in [0.1, 0.15) is 5.75 Å². The lowest BCUT2D eigenvalue weighted by Crippen LogP contribution is -2.25. The van der Waals surface area contributed by atoms with Gasteiger partial charge in [-0.1, -0.05) is 18.2 Å². The van der Waals surface area contributed by atoms with Crippen molar-refractivity contribution in [1.29, 1.82) is 0 Å². The Hall–Kier alpha value is -2.82. The standard InChI is InChI=1S/C18H18N2O3/c1-12(21)20-10-9-13-7-8-14(11-16(13)20)19-18(22)15-5-3-4-6-17(15)23-2/h3-8,11H,9-10H2,1-2H3,(H,19,22). The second-order valence-electron chi connectivity index (χ2n) is 5.42. The Morgan fingerprint density at radius 3 is 2.70 bits per heavy atom. The van der Waals surface area contributed by atoms with E-state index in [-0.39, 0.29) is 11.8 Å². The van der Waals surface area contributed by atoms with Crippen LogP contribution in [-0.2, 0) is 11.2 Å². The second-order valence-corrected chi connectivity index (χ2v) is 5.42. The van der Waals surface area contributed by atoms with E-state index in [4.69, 9.17) is 4.74 Å². The van der Waals surface area contributed by atoms with Crippen molar-refractivity contribution in [3.63, 3.8) is 0 Å². The summed E-state index contributed by atoms with van der Waals surface area (Å²) in [6.07, 6.45) is 0.843. The van der Waals surface area contributed by atoms with E-state index in [0.717, 1.165) is 17.7 Å². The molecule has 0 saturated carbocycles. The lowest BCUT2D eigenvalue weighted by Gasteiger charge is -2.16. The van der Waals surface area contributed by atoms with Crippen molar-refractivity contribution in [2.24, 2.45) is 0 Å². The first-order chi connectivity index (χ1) is 11.1. The van der Waals surface area contributed by atoms with Crippen molar-refractivity contribution >= 4 is 23.2 Å². The van der Waals surface area contributed by atoms with Crippen LogP contribution >= 0.6 is 0 Å². The Morgan fingerprint density at radius 1 is 1.17 bits per heavy atom. The molecule has 23 heavy (non-hydrogen) atoms. The molecule has 2 aromatic carbocycles. The van der Waals surface area contributed by atoms with Gasteiger partial charge < -0.3 is 15.0 Å². The van der Waals surface area contributed by atoms with E-state index in [0.29, 0.717) is 23.5 Å². The molecule has 0 bridgehead atoms. The van der Waals surface area contributed by atoms with Crippen molar-refractivity contribution in [2.75, 3.05) is 23.9 Å². The minimum absolute atomic E-state index is 0.0111. The number of hydrogen-bond donors (Lipinski definition) is 1. The molecular weight excluding hydrogens is 292 g/mol. The molecule has 0 spiro atoms. The molecule has 0 aliphatic carbocycles. The van der Waals surface area contributed by atoms with Crippen LogP contribution in [0.4, 0.5) is 11.4 Å². The number of anilines is 2. The largest absolute Gasteiger partial charge is 0.496 e. The Bertz CT molecular complexity index is 771. The Kier molecular flexibility index (Phi) is 4.02. The third kappa shape index (κ3) is 2.90. The zero-order valence-corrected chi connectivity index (χ0v) is 13.1. The highest BCUT2D eigenvalue weighted by Crippen LogP contribution is 2.31. The highest BCUT2D eigenvalue weighted by molar-refractivity contribution is 6.06. The van der Waals surface area contributed by atoms with E-state index in [1.165, 1.54) is 7.11 Å². The number of hydrogen-bond acceptors (Lipinski definition) is 3. The second kappa shape index (κ2) is 6.12. The molecule has 1 N–H and O–H groups in total. The van der Waals surface area contributed by atoms with Gasteiger partial charge in [-0.2, -0.15) is 0 Å². The molecule has 0 aromatic heterocycles. The van der Waals surface area contributed by atoms with Gasteiger partial charge in [0.15, 0.2) is 0 Å². The van der Waals surface area contributed by atoms with Crippen LogP contribution in [0.5, 0.6) is 5.75 Å². The fourth-order valence-corrected chi connectivity index (χ4v) is 2.81. The van der Waals surface area contributed by atoms with Crippen LogP contribution in [0.15, 0.2) is 42.5 Å². The van der Waals surface area contributed by atoms with Crippen molar-refractivity contribution in [3.05, 3.63) is 53.6 Å². The molecule has 2 amide bonds. The maximum atomic E-state index is 12.4. The molecule has 0 unspecified atom stereocenters. The molecule has 0 atom stereocenters. The third-order valence-electron chi connectivity index (χ3n) is 3.97. The molecule has 0 fully saturated rings. The van der Waals surface area contributed by atoms with Gasteiger partial charge in [-0.05, 0) is 36.2 Å². The fraction of sp³-hybridized carbons (Fsp3) is 0.222. The number of carbonyl (C=O) groups excluding carboxylic acids is 2. The van der Waals surface area contributed by atoms with Crippen LogP contribution in [0.25, 0.3) is 0 Å². The lowest BCUT2D eigenvalue weighted by atomic mass is 10.1. The molecule has 1 aliphatic rings. The molecule has 0 radical (unpaired) electrons. The molecular formula is C18H18N2O3. The van der Waals surface area contributed by atoms with E-state index in [9.17, 15) is 9.59 Å². The number of benzene rings is 2. The Balaban J connectivity index is 1.85. The highest BCUT2D eigenvalue weighted by Gasteiger charge is 2.22. The summed E-state index contributed by atoms with van der Waals surface area (Å²) in [5.74, 6) is 0.295. The van der Waals surface area contributed by atoms with E-state index < -0.39 is 0 Å². The monoisotopic (exact) mass is 310 g/mol. The molecule has 3 rings (SSSR count). The van der Waals surface area contributed by atoms with Gasteiger partial charge in [-0.25, -0.2) is 0 Å². The number of nitrogens with one attached hydrogen (secondary N) is 1. The van der Waals surface area contributed by atoms with Crippen molar-refractivity contribution in [1.82, 2.24) is 0 Å². The average Bonchev–Trinajstić information content (AvgIpc) is 2.98. The van der Waals surface area contributed by atoms with Gasteiger partial charge in [0.05, 0.1) is 12.7 Å². The number of carbonyl (C=O) groups is 2. The lowest BCUT2D eigenvalue weighted by molar-refractivity contribution is -0.116.